The van der Waals surface area contributed by atoms with Crippen molar-refractivity contribution in [3.63, 3.8) is 0 Å². The van der Waals surface area contributed by atoms with E-state index >= 15 is 0 Å². The maximum Gasteiger partial charge on any atom is 0.156 e. The van der Waals surface area contributed by atoms with Crippen LogP contribution in [0.4, 0.5) is 4.39 Å². The van der Waals surface area contributed by atoms with E-state index in [1.54, 1.807) is 12.1 Å². The number of para-hydroxylation sites is 1. The average molecular weight is 313 g/mol. The van der Waals surface area contributed by atoms with Gasteiger partial charge in [-0.3, -0.25) is 5.41 Å². The van der Waals surface area contributed by atoms with Crippen molar-refractivity contribution in [2.45, 2.75) is 18.4 Å². The van der Waals surface area contributed by atoms with Gasteiger partial charge in [-0.1, -0.05) is 42.1 Å². The van der Waals surface area contributed by atoms with Gasteiger partial charge in [-0.2, -0.15) is 0 Å². The minimum absolute atomic E-state index is 0.0767. The lowest BCUT2D eigenvalue weighted by Gasteiger charge is -2.09. The molecule has 0 aliphatic carbocycles. The Morgan fingerprint density at radius 3 is 2.55 bits per heavy atom. The average Bonchev–Trinajstić information content (AvgIpc) is 2.75. The fourth-order valence-electron chi connectivity index (χ4n) is 2.61. The summed E-state index contributed by atoms with van der Waals surface area (Å²) in [6.45, 7) is 2.68. The summed E-state index contributed by atoms with van der Waals surface area (Å²) in [6.07, 6.45) is 0. The van der Waals surface area contributed by atoms with Gasteiger partial charge in [0, 0.05) is 28.0 Å². The number of halogens is 1. The molecule has 0 saturated heterocycles. The monoisotopic (exact) mass is 313 g/mol. The summed E-state index contributed by atoms with van der Waals surface area (Å²) in [5.41, 5.74) is 8.74. The fourth-order valence-corrected chi connectivity index (χ4v) is 3.37. The zero-order chi connectivity index (χ0) is 15.7. The van der Waals surface area contributed by atoms with Crippen molar-refractivity contribution in [3.8, 4) is 0 Å². The molecule has 3 nitrogen and oxygen atoms in total. The molecule has 2 aromatic carbocycles. The number of rotatable bonds is 3. The first-order valence-corrected chi connectivity index (χ1v) is 7.72. The standard InChI is InChI=1S/C17H16FN3S/c1-11-16(22-17(19)20)14-4-2-3-5-15(14)21(11)10-12-6-8-13(18)9-7-12/h2-9H,10H2,1H3,(H3,19,20). The lowest BCUT2D eigenvalue weighted by atomic mass is 10.2. The van der Waals surface area contributed by atoms with E-state index < -0.39 is 0 Å². The third kappa shape index (κ3) is 2.72. The topological polar surface area (TPSA) is 54.8 Å². The van der Waals surface area contributed by atoms with E-state index in [0.717, 1.165) is 27.1 Å². The molecule has 3 rings (SSSR count). The number of thioether (sulfide) groups is 1. The van der Waals surface area contributed by atoms with Gasteiger partial charge >= 0.3 is 0 Å². The van der Waals surface area contributed by atoms with Crippen LogP contribution in [-0.2, 0) is 6.54 Å². The van der Waals surface area contributed by atoms with E-state index in [4.69, 9.17) is 11.1 Å². The van der Waals surface area contributed by atoms with Gasteiger partial charge in [-0.25, -0.2) is 4.39 Å². The number of nitrogens with one attached hydrogen (secondary N) is 1. The Kier molecular flexibility index (Phi) is 3.90. The summed E-state index contributed by atoms with van der Waals surface area (Å²) in [4.78, 5) is 1.00. The van der Waals surface area contributed by atoms with Gasteiger partial charge in [-0.15, -0.1) is 0 Å². The summed E-state index contributed by atoms with van der Waals surface area (Å²) in [7, 11) is 0. The molecule has 0 unspecified atom stereocenters. The third-order valence-corrected chi connectivity index (χ3v) is 4.58. The quantitative estimate of drug-likeness (QED) is 0.434. The maximum absolute atomic E-state index is 13.1. The minimum Gasteiger partial charge on any atom is -0.378 e. The lowest BCUT2D eigenvalue weighted by Crippen LogP contribution is -2.04. The van der Waals surface area contributed by atoms with Crippen molar-refractivity contribution in [3.05, 3.63) is 65.6 Å². The summed E-state index contributed by atoms with van der Waals surface area (Å²) in [5.74, 6) is -0.231. The predicted molar refractivity (Wildman–Crippen MR) is 89.9 cm³/mol. The van der Waals surface area contributed by atoms with E-state index in [1.165, 1.54) is 23.9 Å². The van der Waals surface area contributed by atoms with Gasteiger partial charge in [0.15, 0.2) is 5.17 Å². The molecule has 0 radical (unpaired) electrons. The van der Waals surface area contributed by atoms with Gasteiger partial charge < -0.3 is 10.3 Å². The smallest absolute Gasteiger partial charge is 0.156 e. The van der Waals surface area contributed by atoms with E-state index in [9.17, 15) is 4.39 Å². The zero-order valence-electron chi connectivity index (χ0n) is 12.1. The largest absolute Gasteiger partial charge is 0.378 e. The number of benzene rings is 2. The Labute approximate surface area is 132 Å². The Morgan fingerprint density at radius 2 is 1.86 bits per heavy atom. The Bertz CT molecular complexity index is 837. The van der Waals surface area contributed by atoms with Gasteiger partial charge in [-0.05, 0) is 30.7 Å². The van der Waals surface area contributed by atoms with Crippen LogP contribution < -0.4 is 5.73 Å². The predicted octanol–water partition coefficient (Wildman–Crippen LogP) is 4.12. The molecule has 5 heteroatoms. The van der Waals surface area contributed by atoms with Crippen molar-refractivity contribution in [1.82, 2.24) is 4.57 Å². The molecule has 0 atom stereocenters. The highest BCUT2D eigenvalue weighted by molar-refractivity contribution is 8.13. The van der Waals surface area contributed by atoms with E-state index in [1.807, 2.05) is 25.1 Å². The van der Waals surface area contributed by atoms with Crippen molar-refractivity contribution in [1.29, 1.82) is 5.41 Å². The van der Waals surface area contributed by atoms with Crippen LogP contribution in [-0.4, -0.2) is 9.73 Å². The normalized spacial score (nSPS) is 11.0. The van der Waals surface area contributed by atoms with E-state index in [-0.39, 0.29) is 11.0 Å². The molecule has 0 spiro atoms. The second-order valence-electron chi connectivity index (χ2n) is 5.11. The molecule has 0 saturated carbocycles. The number of hydrogen-bond acceptors (Lipinski definition) is 2. The molecular formula is C17H16FN3S. The lowest BCUT2D eigenvalue weighted by molar-refractivity contribution is 0.626. The molecule has 1 aromatic heterocycles. The second kappa shape index (κ2) is 5.85. The summed E-state index contributed by atoms with van der Waals surface area (Å²) in [5, 5.41) is 8.71. The van der Waals surface area contributed by atoms with Crippen molar-refractivity contribution in [2.75, 3.05) is 0 Å². The van der Waals surface area contributed by atoms with Crippen LogP contribution in [0.1, 0.15) is 11.3 Å². The van der Waals surface area contributed by atoms with Crippen LogP contribution in [0.25, 0.3) is 10.9 Å². The first-order chi connectivity index (χ1) is 10.6. The molecule has 22 heavy (non-hydrogen) atoms. The van der Waals surface area contributed by atoms with Gasteiger partial charge in [0.2, 0.25) is 0 Å². The number of hydrogen-bond donors (Lipinski definition) is 2. The fraction of sp³-hybridized carbons (Fsp3) is 0.118. The Balaban J connectivity index is 2.10. The van der Waals surface area contributed by atoms with Crippen LogP contribution in [0.3, 0.4) is 0 Å². The summed E-state index contributed by atoms with van der Waals surface area (Å²) < 4.78 is 15.2. The molecule has 0 aliphatic heterocycles. The first kappa shape index (κ1) is 14.7. The van der Waals surface area contributed by atoms with Crippen LogP contribution in [0.2, 0.25) is 0 Å². The van der Waals surface area contributed by atoms with Gasteiger partial charge in [0.05, 0.1) is 0 Å². The SMILES string of the molecule is Cc1c(SC(=N)N)c2ccccc2n1Cc1ccc(F)cc1. The second-order valence-corrected chi connectivity index (χ2v) is 6.16. The van der Waals surface area contributed by atoms with Gasteiger partial charge in [0.1, 0.15) is 5.82 Å². The highest BCUT2D eigenvalue weighted by Crippen LogP contribution is 2.34. The molecule has 3 N–H and O–H groups in total. The van der Waals surface area contributed by atoms with Crippen LogP contribution in [0.5, 0.6) is 0 Å². The molecule has 0 amide bonds. The van der Waals surface area contributed by atoms with Crippen molar-refractivity contribution < 1.29 is 4.39 Å². The summed E-state index contributed by atoms with van der Waals surface area (Å²) in [6, 6.07) is 14.6. The van der Waals surface area contributed by atoms with Crippen molar-refractivity contribution >= 4 is 27.8 Å². The highest BCUT2D eigenvalue weighted by Gasteiger charge is 2.15. The zero-order valence-corrected chi connectivity index (χ0v) is 13.0. The Morgan fingerprint density at radius 1 is 1.18 bits per heavy atom. The molecule has 0 bridgehead atoms. The number of amidine groups is 1. The van der Waals surface area contributed by atoms with E-state index in [2.05, 4.69) is 10.6 Å². The molecule has 0 aliphatic rings. The van der Waals surface area contributed by atoms with Crippen LogP contribution in [0, 0.1) is 18.2 Å². The first-order valence-electron chi connectivity index (χ1n) is 6.90. The molecule has 112 valence electrons. The minimum atomic E-state index is -0.231. The van der Waals surface area contributed by atoms with E-state index in [0.29, 0.717) is 6.54 Å². The molecule has 0 fully saturated rings. The van der Waals surface area contributed by atoms with Crippen LogP contribution >= 0.6 is 11.8 Å². The molecule has 3 aromatic rings. The number of nitrogens with two attached hydrogens (primary N) is 1. The van der Waals surface area contributed by atoms with Gasteiger partial charge in [0.25, 0.3) is 0 Å². The number of fused-ring (bicyclic) bond motifs is 1. The molecule has 1 heterocycles. The summed E-state index contributed by atoms with van der Waals surface area (Å²) >= 11 is 1.27. The Hall–Kier alpha value is -2.27. The van der Waals surface area contributed by atoms with Crippen molar-refractivity contribution in [2.24, 2.45) is 5.73 Å². The number of aromatic nitrogens is 1. The highest BCUT2D eigenvalue weighted by atomic mass is 32.2. The maximum atomic E-state index is 13.1. The number of nitrogens with zero attached hydrogens (tertiary/aromatic N) is 1. The van der Waals surface area contributed by atoms with Crippen LogP contribution in [0.15, 0.2) is 53.4 Å². The molecular weight excluding hydrogens is 297 g/mol. The third-order valence-electron chi connectivity index (χ3n) is 3.64.